The molecule has 3 atom stereocenters. The van der Waals surface area contributed by atoms with Crippen LogP contribution in [0.15, 0.2) is 59.5 Å². The maximum atomic E-state index is 12.8. The molecule has 0 spiro atoms. The number of benzene rings is 2. The summed E-state index contributed by atoms with van der Waals surface area (Å²) in [5.41, 5.74) is 1.00. The number of carbonyl (C=O) groups is 3. The summed E-state index contributed by atoms with van der Waals surface area (Å²) in [7, 11) is 0. The number of aliphatic carboxylic acids is 1. The molecule has 0 heterocycles. The molecule has 0 saturated heterocycles. The standard InChI is InChI=1S/C24H24Cl2N2O4S/c1-2-20(23(30)28-19-12-6-11-18(25)21(19)26)33-15-8-5-7-14(13-15)27-22(29)16-9-3-4-10-17(16)24(31)32/h3-8,11-13,16-17,20H,2,9-10H2,1H3,(H,27,29)(H,28,30)(H,31,32). The van der Waals surface area contributed by atoms with Gasteiger partial charge >= 0.3 is 5.97 Å². The van der Waals surface area contributed by atoms with Gasteiger partial charge in [0.25, 0.3) is 0 Å². The van der Waals surface area contributed by atoms with E-state index in [1.54, 1.807) is 42.5 Å². The third kappa shape index (κ3) is 6.53. The lowest BCUT2D eigenvalue weighted by Crippen LogP contribution is -2.34. The Labute approximate surface area is 206 Å². The molecule has 2 aromatic carbocycles. The highest BCUT2D eigenvalue weighted by atomic mass is 35.5. The van der Waals surface area contributed by atoms with Gasteiger partial charge in [0.1, 0.15) is 0 Å². The third-order valence-corrected chi connectivity index (χ3v) is 7.52. The van der Waals surface area contributed by atoms with Crippen LogP contribution in [0.2, 0.25) is 10.0 Å². The van der Waals surface area contributed by atoms with Gasteiger partial charge in [0, 0.05) is 10.6 Å². The zero-order chi connectivity index (χ0) is 24.0. The fourth-order valence-corrected chi connectivity index (χ4v) is 4.92. The van der Waals surface area contributed by atoms with E-state index in [1.807, 2.05) is 19.1 Å². The molecule has 0 fully saturated rings. The van der Waals surface area contributed by atoms with Crippen molar-refractivity contribution in [3.63, 3.8) is 0 Å². The van der Waals surface area contributed by atoms with Crippen molar-refractivity contribution in [2.24, 2.45) is 11.8 Å². The molecule has 0 aromatic heterocycles. The minimum atomic E-state index is -0.972. The van der Waals surface area contributed by atoms with Gasteiger partial charge in [0.15, 0.2) is 0 Å². The summed E-state index contributed by atoms with van der Waals surface area (Å²) >= 11 is 13.6. The lowest BCUT2D eigenvalue weighted by atomic mass is 9.82. The summed E-state index contributed by atoms with van der Waals surface area (Å²) in [4.78, 5) is 37.8. The van der Waals surface area contributed by atoms with Crippen molar-refractivity contribution in [1.29, 1.82) is 0 Å². The number of rotatable bonds is 8. The number of hydrogen-bond acceptors (Lipinski definition) is 4. The maximum Gasteiger partial charge on any atom is 0.307 e. The fourth-order valence-electron chi connectivity index (χ4n) is 3.56. The highest BCUT2D eigenvalue weighted by Gasteiger charge is 2.34. The van der Waals surface area contributed by atoms with Crippen LogP contribution in [-0.2, 0) is 14.4 Å². The van der Waals surface area contributed by atoms with Crippen LogP contribution in [0.5, 0.6) is 0 Å². The van der Waals surface area contributed by atoms with Crippen LogP contribution in [-0.4, -0.2) is 28.1 Å². The number of anilines is 2. The van der Waals surface area contributed by atoms with Gasteiger partial charge in [-0.3, -0.25) is 14.4 Å². The third-order valence-electron chi connectivity index (χ3n) is 5.34. The molecule has 33 heavy (non-hydrogen) atoms. The summed E-state index contributed by atoms with van der Waals surface area (Å²) in [5, 5.41) is 15.3. The summed E-state index contributed by atoms with van der Waals surface area (Å²) in [5.74, 6) is -2.87. The first-order chi connectivity index (χ1) is 15.8. The molecule has 2 amide bonds. The molecule has 3 rings (SSSR count). The zero-order valence-corrected chi connectivity index (χ0v) is 20.2. The van der Waals surface area contributed by atoms with Gasteiger partial charge in [0.2, 0.25) is 11.8 Å². The molecule has 174 valence electrons. The lowest BCUT2D eigenvalue weighted by Gasteiger charge is -2.24. The van der Waals surface area contributed by atoms with E-state index in [9.17, 15) is 19.5 Å². The molecule has 1 aliphatic rings. The van der Waals surface area contributed by atoms with E-state index in [0.29, 0.717) is 35.7 Å². The molecule has 2 aromatic rings. The molecule has 3 unspecified atom stereocenters. The number of halogens is 2. The molecule has 6 nitrogen and oxygen atoms in total. The van der Waals surface area contributed by atoms with Crippen LogP contribution in [0.4, 0.5) is 11.4 Å². The van der Waals surface area contributed by atoms with Gasteiger partial charge in [-0.15, -0.1) is 11.8 Å². The first kappa shape index (κ1) is 25.1. The normalized spacial score (nSPS) is 18.4. The second-order valence-electron chi connectivity index (χ2n) is 7.62. The first-order valence-electron chi connectivity index (χ1n) is 10.5. The summed E-state index contributed by atoms with van der Waals surface area (Å²) in [6, 6.07) is 12.2. The zero-order valence-electron chi connectivity index (χ0n) is 17.9. The molecule has 9 heteroatoms. The van der Waals surface area contributed by atoms with Crippen molar-refractivity contribution in [3.8, 4) is 0 Å². The second-order valence-corrected chi connectivity index (χ2v) is 9.68. The number of thioether (sulfide) groups is 1. The minimum absolute atomic E-state index is 0.209. The van der Waals surface area contributed by atoms with E-state index in [-0.39, 0.29) is 16.8 Å². The van der Waals surface area contributed by atoms with Crippen molar-refractivity contribution in [1.82, 2.24) is 0 Å². The predicted octanol–water partition coefficient (Wildman–Crippen LogP) is 6.11. The van der Waals surface area contributed by atoms with Crippen LogP contribution in [0, 0.1) is 11.8 Å². The summed E-state index contributed by atoms with van der Waals surface area (Å²) in [6.45, 7) is 1.91. The van der Waals surface area contributed by atoms with Gasteiger partial charge in [-0.05, 0) is 49.6 Å². The summed E-state index contributed by atoms with van der Waals surface area (Å²) < 4.78 is 0. The molecular formula is C24H24Cl2N2O4S. The second kappa shape index (κ2) is 11.6. The highest BCUT2D eigenvalue weighted by molar-refractivity contribution is 8.00. The van der Waals surface area contributed by atoms with E-state index >= 15 is 0 Å². The van der Waals surface area contributed by atoms with Crippen molar-refractivity contribution in [2.75, 3.05) is 10.6 Å². The topological polar surface area (TPSA) is 95.5 Å². The van der Waals surface area contributed by atoms with Crippen molar-refractivity contribution < 1.29 is 19.5 Å². The average Bonchev–Trinajstić information content (AvgIpc) is 2.80. The number of allylic oxidation sites excluding steroid dienone is 2. The Balaban J connectivity index is 1.67. The first-order valence-corrected chi connectivity index (χ1v) is 12.1. The smallest absolute Gasteiger partial charge is 0.307 e. The number of carboxylic acids is 1. The summed E-state index contributed by atoms with van der Waals surface area (Å²) in [6.07, 6.45) is 4.94. The lowest BCUT2D eigenvalue weighted by molar-refractivity contribution is -0.146. The number of amides is 2. The van der Waals surface area contributed by atoms with Gasteiger partial charge in [-0.1, -0.05) is 54.4 Å². The van der Waals surface area contributed by atoms with Crippen LogP contribution < -0.4 is 10.6 Å². The van der Waals surface area contributed by atoms with Gasteiger partial charge in [-0.2, -0.15) is 0 Å². The van der Waals surface area contributed by atoms with Crippen LogP contribution in [0.25, 0.3) is 0 Å². The molecular weight excluding hydrogens is 483 g/mol. The van der Waals surface area contributed by atoms with Gasteiger partial charge in [0.05, 0.1) is 32.8 Å². The van der Waals surface area contributed by atoms with Gasteiger partial charge in [-0.25, -0.2) is 0 Å². The van der Waals surface area contributed by atoms with E-state index < -0.39 is 23.1 Å². The minimum Gasteiger partial charge on any atom is -0.481 e. The monoisotopic (exact) mass is 506 g/mol. The van der Waals surface area contributed by atoms with E-state index in [0.717, 1.165) is 4.90 Å². The Morgan fingerprint density at radius 2 is 1.76 bits per heavy atom. The molecule has 1 aliphatic carbocycles. The van der Waals surface area contributed by atoms with Crippen LogP contribution in [0.3, 0.4) is 0 Å². The number of carbonyl (C=O) groups excluding carboxylic acids is 2. The Hall–Kier alpha value is -2.48. The molecule has 0 bridgehead atoms. The molecule has 0 radical (unpaired) electrons. The Morgan fingerprint density at radius 1 is 1.06 bits per heavy atom. The van der Waals surface area contributed by atoms with Crippen LogP contribution in [0.1, 0.15) is 26.2 Å². The molecule has 0 aliphatic heterocycles. The fraction of sp³-hybridized carbons (Fsp3) is 0.292. The van der Waals surface area contributed by atoms with E-state index in [4.69, 9.17) is 23.2 Å². The van der Waals surface area contributed by atoms with Crippen LogP contribution >= 0.6 is 35.0 Å². The Morgan fingerprint density at radius 3 is 2.45 bits per heavy atom. The average molecular weight is 507 g/mol. The van der Waals surface area contributed by atoms with Crippen molar-refractivity contribution >= 4 is 64.1 Å². The van der Waals surface area contributed by atoms with Gasteiger partial charge < -0.3 is 15.7 Å². The largest absolute Gasteiger partial charge is 0.481 e. The maximum absolute atomic E-state index is 12.8. The van der Waals surface area contributed by atoms with Crippen molar-refractivity contribution in [2.45, 2.75) is 36.3 Å². The highest BCUT2D eigenvalue weighted by Crippen LogP contribution is 2.33. The molecule has 0 saturated carbocycles. The SMILES string of the molecule is CCC(Sc1cccc(NC(=O)C2CC=CCC2C(=O)O)c1)C(=O)Nc1cccc(Cl)c1Cl. The number of carboxylic acid groups (broad SMARTS) is 1. The van der Waals surface area contributed by atoms with E-state index in [2.05, 4.69) is 10.6 Å². The Bertz CT molecular complexity index is 1080. The van der Waals surface area contributed by atoms with E-state index in [1.165, 1.54) is 11.8 Å². The number of nitrogens with one attached hydrogen (secondary N) is 2. The Kier molecular flexibility index (Phi) is 8.83. The number of hydrogen-bond donors (Lipinski definition) is 3. The quantitative estimate of drug-likeness (QED) is 0.296. The van der Waals surface area contributed by atoms with Crippen molar-refractivity contribution in [3.05, 3.63) is 64.7 Å². The molecule has 3 N–H and O–H groups in total. The predicted molar refractivity (Wildman–Crippen MR) is 133 cm³/mol.